The Labute approximate surface area is 268 Å². The van der Waals surface area contributed by atoms with E-state index in [1.165, 1.54) is 0 Å². The quantitative estimate of drug-likeness (QED) is 0.157. The van der Waals surface area contributed by atoms with E-state index in [0.29, 0.717) is 23.0 Å². The molecule has 0 heterocycles. The Morgan fingerprint density at radius 1 is 0.217 bits per heavy atom. The molecule has 0 radical (unpaired) electrons. The lowest BCUT2D eigenvalue weighted by Crippen LogP contribution is -1.90. The Kier molecular flexibility index (Phi) is 8.42. The van der Waals surface area contributed by atoms with Gasteiger partial charge in [-0.05, 0) is 101 Å². The summed E-state index contributed by atoms with van der Waals surface area (Å²) in [6.07, 6.45) is 0. The number of ether oxygens (including phenoxy) is 4. The van der Waals surface area contributed by atoms with Crippen LogP contribution in [0.1, 0.15) is 0 Å². The standard InChI is InChI=1S/C42H30O4/c1-3-17-35(18-4-1)43-39-23-12-24-40(30-39)44-37-21-10-15-33(28-37)31-13-9-14-32(27-31)34-16-11-22-38(29-34)46-42-26-8-7-25-41(42)45-36-19-5-2-6-20-36/h1-30H. The average molecular weight is 599 g/mol. The van der Waals surface area contributed by atoms with E-state index in [2.05, 4.69) is 36.4 Å². The van der Waals surface area contributed by atoms with E-state index in [9.17, 15) is 0 Å². The molecular weight excluding hydrogens is 568 g/mol. The molecule has 0 saturated heterocycles. The van der Waals surface area contributed by atoms with E-state index >= 15 is 0 Å². The first-order chi connectivity index (χ1) is 22.7. The van der Waals surface area contributed by atoms with E-state index in [4.69, 9.17) is 18.9 Å². The van der Waals surface area contributed by atoms with Crippen molar-refractivity contribution in [3.63, 3.8) is 0 Å². The van der Waals surface area contributed by atoms with E-state index in [-0.39, 0.29) is 0 Å². The van der Waals surface area contributed by atoms with Crippen molar-refractivity contribution >= 4 is 0 Å². The topological polar surface area (TPSA) is 36.9 Å². The van der Waals surface area contributed by atoms with Crippen LogP contribution in [0.25, 0.3) is 22.3 Å². The fraction of sp³-hybridized carbons (Fsp3) is 0. The zero-order valence-corrected chi connectivity index (χ0v) is 25.0. The minimum Gasteiger partial charge on any atom is -0.457 e. The van der Waals surface area contributed by atoms with Gasteiger partial charge in [-0.1, -0.05) is 97.1 Å². The van der Waals surface area contributed by atoms with E-state index in [1.807, 2.05) is 146 Å². The summed E-state index contributed by atoms with van der Waals surface area (Å²) in [4.78, 5) is 0. The maximum absolute atomic E-state index is 6.32. The van der Waals surface area contributed by atoms with E-state index in [0.717, 1.165) is 45.3 Å². The highest BCUT2D eigenvalue weighted by molar-refractivity contribution is 5.74. The molecule has 0 atom stereocenters. The summed E-state index contributed by atoms with van der Waals surface area (Å²) < 4.78 is 24.6. The van der Waals surface area contributed by atoms with Gasteiger partial charge in [0.05, 0.1) is 0 Å². The summed E-state index contributed by atoms with van der Waals surface area (Å²) in [6.45, 7) is 0. The first-order valence-electron chi connectivity index (χ1n) is 15.1. The van der Waals surface area contributed by atoms with Crippen molar-refractivity contribution in [1.82, 2.24) is 0 Å². The molecule has 0 saturated carbocycles. The van der Waals surface area contributed by atoms with Crippen LogP contribution < -0.4 is 18.9 Å². The van der Waals surface area contributed by atoms with Crippen LogP contribution >= 0.6 is 0 Å². The van der Waals surface area contributed by atoms with Crippen LogP contribution in [0.2, 0.25) is 0 Å². The fourth-order valence-corrected chi connectivity index (χ4v) is 5.08. The van der Waals surface area contributed by atoms with Gasteiger partial charge in [0, 0.05) is 6.07 Å². The van der Waals surface area contributed by atoms with Crippen molar-refractivity contribution in [3.8, 4) is 68.2 Å². The highest BCUT2D eigenvalue weighted by Gasteiger charge is 2.10. The summed E-state index contributed by atoms with van der Waals surface area (Å²) in [5.41, 5.74) is 4.25. The minimum absolute atomic E-state index is 0.645. The molecule has 0 unspecified atom stereocenters. The van der Waals surface area contributed by atoms with Crippen molar-refractivity contribution in [3.05, 3.63) is 182 Å². The molecule has 7 rings (SSSR count). The van der Waals surface area contributed by atoms with Crippen LogP contribution in [0.5, 0.6) is 46.0 Å². The van der Waals surface area contributed by atoms with Crippen molar-refractivity contribution < 1.29 is 18.9 Å². The first kappa shape index (κ1) is 28.5. The second-order valence-electron chi connectivity index (χ2n) is 10.6. The molecule has 0 amide bonds. The number of benzene rings is 7. The zero-order chi connectivity index (χ0) is 31.0. The van der Waals surface area contributed by atoms with Crippen molar-refractivity contribution in [2.45, 2.75) is 0 Å². The van der Waals surface area contributed by atoms with Gasteiger partial charge < -0.3 is 18.9 Å². The molecule has 0 bridgehead atoms. The van der Waals surface area contributed by atoms with Crippen LogP contribution in [-0.2, 0) is 0 Å². The predicted octanol–water partition coefficient (Wildman–Crippen LogP) is 12.2. The van der Waals surface area contributed by atoms with Gasteiger partial charge in [-0.3, -0.25) is 0 Å². The summed E-state index contributed by atoms with van der Waals surface area (Å²) in [5, 5.41) is 0. The van der Waals surface area contributed by atoms with Crippen LogP contribution in [0.4, 0.5) is 0 Å². The van der Waals surface area contributed by atoms with Gasteiger partial charge in [0.15, 0.2) is 11.5 Å². The molecule has 7 aromatic carbocycles. The van der Waals surface area contributed by atoms with E-state index in [1.54, 1.807) is 0 Å². The van der Waals surface area contributed by atoms with Crippen molar-refractivity contribution in [1.29, 1.82) is 0 Å². The third-order valence-electron chi connectivity index (χ3n) is 7.27. The Morgan fingerprint density at radius 2 is 0.543 bits per heavy atom. The van der Waals surface area contributed by atoms with Gasteiger partial charge in [0.25, 0.3) is 0 Å². The van der Waals surface area contributed by atoms with Gasteiger partial charge in [-0.25, -0.2) is 0 Å². The van der Waals surface area contributed by atoms with Crippen LogP contribution in [-0.4, -0.2) is 0 Å². The Hall–Kier alpha value is -6.26. The molecule has 4 heteroatoms. The molecule has 0 aliphatic rings. The molecule has 0 spiro atoms. The fourth-order valence-electron chi connectivity index (χ4n) is 5.08. The summed E-state index contributed by atoms with van der Waals surface area (Å²) in [6, 6.07) is 59.4. The lowest BCUT2D eigenvalue weighted by atomic mass is 9.99. The van der Waals surface area contributed by atoms with Gasteiger partial charge in [-0.15, -0.1) is 0 Å². The summed E-state index contributed by atoms with van der Waals surface area (Å²) in [5.74, 6) is 5.71. The van der Waals surface area contributed by atoms with Gasteiger partial charge in [-0.2, -0.15) is 0 Å². The molecule has 0 aliphatic heterocycles. The Morgan fingerprint density at radius 3 is 1.09 bits per heavy atom. The molecule has 0 N–H and O–H groups in total. The lowest BCUT2D eigenvalue weighted by Gasteiger charge is -2.13. The summed E-state index contributed by atoms with van der Waals surface area (Å²) in [7, 11) is 0. The second-order valence-corrected chi connectivity index (χ2v) is 10.6. The SMILES string of the molecule is c1ccc(Oc2cccc(Oc3cccc(-c4cccc(-c5cccc(Oc6ccccc6Oc6ccccc6)c5)c4)c3)c2)cc1. The van der Waals surface area contributed by atoms with E-state index < -0.39 is 0 Å². The molecule has 0 fully saturated rings. The molecule has 4 nitrogen and oxygen atoms in total. The van der Waals surface area contributed by atoms with Crippen molar-refractivity contribution in [2.24, 2.45) is 0 Å². The zero-order valence-electron chi connectivity index (χ0n) is 25.0. The highest BCUT2D eigenvalue weighted by atomic mass is 16.5. The maximum atomic E-state index is 6.32. The molecule has 222 valence electrons. The average Bonchev–Trinajstić information content (AvgIpc) is 3.11. The molecule has 0 aromatic heterocycles. The van der Waals surface area contributed by atoms with Gasteiger partial charge >= 0.3 is 0 Å². The normalized spacial score (nSPS) is 10.6. The van der Waals surface area contributed by atoms with Gasteiger partial charge in [0.1, 0.15) is 34.5 Å². The Bertz CT molecular complexity index is 2050. The molecule has 46 heavy (non-hydrogen) atoms. The smallest absolute Gasteiger partial charge is 0.169 e. The number of hydrogen-bond donors (Lipinski definition) is 0. The molecule has 7 aromatic rings. The largest absolute Gasteiger partial charge is 0.457 e. The highest BCUT2D eigenvalue weighted by Crippen LogP contribution is 2.37. The van der Waals surface area contributed by atoms with Crippen LogP contribution in [0.3, 0.4) is 0 Å². The van der Waals surface area contributed by atoms with Gasteiger partial charge in [0.2, 0.25) is 0 Å². The third-order valence-corrected chi connectivity index (χ3v) is 7.27. The van der Waals surface area contributed by atoms with Crippen molar-refractivity contribution in [2.75, 3.05) is 0 Å². The number of rotatable bonds is 10. The number of hydrogen-bond acceptors (Lipinski definition) is 4. The molecular formula is C42H30O4. The predicted molar refractivity (Wildman–Crippen MR) is 183 cm³/mol. The minimum atomic E-state index is 0.645. The lowest BCUT2D eigenvalue weighted by molar-refractivity contribution is 0.419. The number of para-hydroxylation sites is 4. The monoisotopic (exact) mass is 598 g/mol. The first-order valence-corrected chi connectivity index (χ1v) is 15.1. The molecule has 0 aliphatic carbocycles. The van der Waals surface area contributed by atoms with Crippen LogP contribution in [0.15, 0.2) is 182 Å². The Balaban J connectivity index is 1.08. The second kappa shape index (κ2) is 13.6. The maximum Gasteiger partial charge on any atom is 0.169 e. The van der Waals surface area contributed by atoms with Crippen LogP contribution in [0, 0.1) is 0 Å². The summed E-state index contributed by atoms with van der Waals surface area (Å²) >= 11 is 0. The third kappa shape index (κ3) is 7.09.